The van der Waals surface area contributed by atoms with E-state index in [2.05, 4.69) is 5.32 Å². The molecule has 0 spiro atoms. The first kappa shape index (κ1) is 15.2. The average Bonchev–Trinajstić information content (AvgIpc) is 2.32. The van der Waals surface area contributed by atoms with E-state index in [4.69, 9.17) is 21.1 Å². The van der Waals surface area contributed by atoms with Crippen LogP contribution in [-0.4, -0.2) is 17.7 Å². The average molecular weight is 318 g/mol. The van der Waals surface area contributed by atoms with Gasteiger partial charge < -0.3 is 14.8 Å². The molecule has 1 aliphatic heterocycles. The molecule has 5 nitrogen and oxygen atoms in total. The number of esters is 2. The fourth-order valence-corrected chi connectivity index (χ4v) is 1.75. The lowest BCUT2D eigenvalue weighted by Gasteiger charge is -2.29. The number of nitrogens with one attached hydrogen (secondary N) is 1. The Morgan fingerprint density at radius 2 is 1.76 bits per heavy atom. The lowest BCUT2D eigenvalue weighted by atomic mass is 10.2. The Labute approximate surface area is 123 Å². The summed E-state index contributed by atoms with van der Waals surface area (Å²) in [4.78, 5) is 23.3. The van der Waals surface area contributed by atoms with Gasteiger partial charge >= 0.3 is 11.9 Å². The summed E-state index contributed by atoms with van der Waals surface area (Å²) in [5.41, 5.74) is -0.595. The summed E-state index contributed by atoms with van der Waals surface area (Å²) in [5.74, 6) is -5.05. The summed E-state index contributed by atoms with van der Waals surface area (Å²) in [6, 6.07) is 1.51. The van der Waals surface area contributed by atoms with Gasteiger partial charge in [0.15, 0.2) is 5.57 Å². The second kappa shape index (κ2) is 5.33. The van der Waals surface area contributed by atoms with Crippen LogP contribution < -0.4 is 5.32 Å². The summed E-state index contributed by atoms with van der Waals surface area (Å²) in [6.45, 7) is 2.79. The van der Waals surface area contributed by atoms with Crippen molar-refractivity contribution in [2.75, 3.05) is 5.32 Å². The van der Waals surface area contributed by atoms with Crippen LogP contribution in [0.3, 0.4) is 0 Å². The molecule has 0 atom stereocenters. The van der Waals surface area contributed by atoms with Gasteiger partial charge in [0.2, 0.25) is 0 Å². The van der Waals surface area contributed by atoms with E-state index in [1.54, 1.807) is 0 Å². The molecule has 1 N–H and O–H groups in total. The molecule has 1 fully saturated rings. The molecule has 1 aromatic rings. The highest BCUT2D eigenvalue weighted by Crippen LogP contribution is 2.27. The van der Waals surface area contributed by atoms with Crippen LogP contribution in [0.5, 0.6) is 0 Å². The summed E-state index contributed by atoms with van der Waals surface area (Å²) in [6.07, 6.45) is 0.917. The van der Waals surface area contributed by atoms with E-state index in [0.717, 1.165) is 12.3 Å². The van der Waals surface area contributed by atoms with Gasteiger partial charge in [-0.15, -0.1) is 0 Å². The van der Waals surface area contributed by atoms with Crippen molar-refractivity contribution in [3.63, 3.8) is 0 Å². The molecule has 0 unspecified atom stereocenters. The van der Waals surface area contributed by atoms with Crippen molar-refractivity contribution in [3.05, 3.63) is 40.6 Å². The Morgan fingerprint density at radius 3 is 2.33 bits per heavy atom. The van der Waals surface area contributed by atoms with Crippen molar-refractivity contribution in [3.8, 4) is 0 Å². The van der Waals surface area contributed by atoms with Crippen molar-refractivity contribution in [2.24, 2.45) is 0 Å². The standard InChI is InChI=1S/C13H10ClF2NO4/c1-13(2)20-11(18)7(12(19)21-13)5-17-9-4-6(15)3-8(16)10(9)14/h3-5,17H,1-2H3. The third-order valence-electron chi connectivity index (χ3n) is 2.48. The summed E-state index contributed by atoms with van der Waals surface area (Å²) in [7, 11) is 0. The molecule has 0 aliphatic carbocycles. The molecule has 1 heterocycles. The number of benzene rings is 1. The Bertz CT molecular complexity index is 636. The van der Waals surface area contributed by atoms with Gasteiger partial charge in [-0.05, 0) is 6.07 Å². The van der Waals surface area contributed by atoms with Crippen LogP contribution in [0.2, 0.25) is 5.02 Å². The second-order valence-corrected chi connectivity index (χ2v) is 5.01. The van der Waals surface area contributed by atoms with Crippen LogP contribution in [0.4, 0.5) is 14.5 Å². The zero-order chi connectivity index (χ0) is 15.8. The highest BCUT2D eigenvalue weighted by Gasteiger charge is 2.38. The molecule has 112 valence electrons. The van der Waals surface area contributed by atoms with Gasteiger partial charge in [-0.2, -0.15) is 0 Å². The molecule has 0 saturated carbocycles. The molecule has 21 heavy (non-hydrogen) atoms. The van der Waals surface area contributed by atoms with Crippen LogP contribution >= 0.6 is 11.6 Å². The smallest absolute Gasteiger partial charge is 0.350 e. The van der Waals surface area contributed by atoms with Gasteiger partial charge in [0.25, 0.3) is 5.79 Å². The Hall–Kier alpha value is -2.15. The highest BCUT2D eigenvalue weighted by atomic mass is 35.5. The largest absolute Gasteiger partial charge is 0.419 e. The minimum absolute atomic E-state index is 0.146. The van der Waals surface area contributed by atoms with Crippen molar-refractivity contribution >= 4 is 29.2 Å². The van der Waals surface area contributed by atoms with Gasteiger partial charge in [0.1, 0.15) is 11.6 Å². The Kier molecular flexibility index (Phi) is 3.87. The minimum Gasteiger partial charge on any atom is -0.419 e. The third kappa shape index (κ3) is 3.30. The van der Waals surface area contributed by atoms with Crippen LogP contribution in [-0.2, 0) is 19.1 Å². The zero-order valence-electron chi connectivity index (χ0n) is 11.0. The molecule has 0 radical (unpaired) electrons. The quantitative estimate of drug-likeness (QED) is 0.393. The molecule has 1 aliphatic rings. The lowest BCUT2D eigenvalue weighted by Crippen LogP contribution is -2.42. The molecular formula is C13H10ClF2NO4. The second-order valence-electron chi connectivity index (χ2n) is 4.63. The summed E-state index contributed by atoms with van der Waals surface area (Å²) < 4.78 is 36.0. The topological polar surface area (TPSA) is 64.6 Å². The van der Waals surface area contributed by atoms with E-state index in [9.17, 15) is 18.4 Å². The van der Waals surface area contributed by atoms with E-state index < -0.39 is 34.9 Å². The van der Waals surface area contributed by atoms with Gasteiger partial charge in [-0.3, -0.25) is 0 Å². The first-order valence-corrected chi connectivity index (χ1v) is 6.15. The number of rotatable bonds is 2. The fourth-order valence-electron chi connectivity index (χ4n) is 1.59. The van der Waals surface area contributed by atoms with Crippen LogP contribution in [0.25, 0.3) is 0 Å². The van der Waals surface area contributed by atoms with E-state index in [-0.39, 0.29) is 10.7 Å². The monoisotopic (exact) mass is 317 g/mol. The number of carbonyl (C=O) groups is 2. The first-order valence-electron chi connectivity index (χ1n) is 5.77. The summed E-state index contributed by atoms with van der Waals surface area (Å²) in [5, 5.41) is 1.99. The summed E-state index contributed by atoms with van der Waals surface area (Å²) >= 11 is 5.64. The molecule has 1 saturated heterocycles. The van der Waals surface area contributed by atoms with Crippen molar-refractivity contribution in [1.29, 1.82) is 0 Å². The predicted molar refractivity (Wildman–Crippen MR) is 69.3 cm³/mol. The maximum absolute atomic E-state index is 13.2. The maximum Gasteiger partial charge on any atom is 0.350 e. The Morgan fingerprint density at radius 1 is 1.19 bits per heavy atom. The molecular weight excluding hydrogens is 308 g/mol. The molecule has 1 aromatic carbocycles. The van der Waals surface area contributed by atoms with Crippen LogP contribution in [0.15, 0.2) is 23.9 Å². The fraction of sp³-hybridized carbons (Fsp3) is 0.231. The highest BCUT2D eigenvalue weighted by molar-refractivity contribution is 6.33. The lowest BCUT2D eigenvalue weighted by molar-refractivity contribution is -0.222. The maximum atomic E-state index is 13.2. The Balaban J connectivity index is 2.26. The molecule has 8 heteroatoms. The van der Waals surface area contributed by atoms with Crippen molar-refractivity contribution < 1.29 is 27.8 Å². The van der Waals surface area contributed by atoms with Crippen molar-refractivity contribution in [1.82, 2.24) is 0 Å². The minimum atomic E-state index is -1.37. The number of halogens is 3. The molecule has 0 bridgehead atoms. The number of cyclic esters (lactones) is 2. The number of hydrogen-bond donors (Lipinski definition) is 1. The number of ether oxygens (including phenoxy) is 2. The van der Waals surface area contributed by atoms with Gasteiger partial charge in [-0.1, -0.05) is 11.6 Å². The third-order valence-corrected chi connectivity index (χ3v) is 2.87. The van der Waals surface area contributed by atoms with Gasteiger partial charge in [-0.25, -0.2) is 18.4 Å². The normalized spacial score (nSPS) is 17.1. The number of carbonyl (C=O) groups excluding carboxylic acids is 2. The van der Waals surface area contributed by atoms with Gasteiger partial charge in [0.05, 0.1) is 10.7 Å². The molecule has 2 rings (SSSR count). The van der Waals surface area contributed by atoms with Gasteiger partial charge in [0, 0.05) is 26.1 Å². The van der Waals surface area contributed by atoms with Crippen LogP contribution in [0, 0.1) is 11.6 Å². The molecule has 0 aromatic heterocycles. The number of hydrogen-bond acceptors (Lipinski definition) is 5. The SMILES string of the molecule is CC1(C)OC(=O)C(=CNc2cc(F)cc(F)c2Cl)C(=O)O1. The molecule has 0 amide bonds. The van der Waals surface area contributed by atoms with E-state index >= 15 is 0 Å². The van der Waals surface area contributed by atoms with E-state index in [1.165, 1.54) is 13.8 Å². The first-order chi connectivity index (χ1) is 9.69. The van der Waals surface area contributed by atoms with Crippen molar-refractivity contribution in [2.45, 2.75) is 19.6 Å². The van der Waals surface area contributed by atoms with Crippen LogP contribution in [0.1, 0.15) is 13.8 Å². The number of anilines is 1. The zero-order valence-corrected chi connectivity index (χ0v) is 11.8. The van der Waals surface area contributed by atoms with E-state index in [1.807, 2.05) is 0 Å². The predicted octanol–water partition coefficient (Wildman–Crippen LogP) is 2.75. The van der Waals surface area contributed by atoms with E-state index in [0.29, 0.717) is 6.07 Å².